The molecule has 2 rings (SSSR count). The van der Waals surface area contributed by atoms with E-state index in [1.165, 1.54) is 11.1 Å². The molecule has 0 aliphatic heterocycles. The van der Waals surface area contributed by atoms with Gasteiger partial charge < -0.3 is 5.32 Å². The fourth-order valence-electron chi connectivity index (χ4n) is 2.36. The number of rotatable bonds is 5. The minimum Gasteiger partial charge on any atom is -0.313 e. The predicted molar refractivity (Wildman–Crippen MR) is 85.6 cm³/mol. The van der Waals surface area contributed by atoms with Gasteiger partial charge in [-0.2, -0.15) is 0 Å². The quantitative estimate of drug-likeness (QED) is 0.882. The number of aromatic nitrogens is 1. The van der Waals surface area contributed by atoms with Gasteiger partial charge >= 0.3 is 0 Å². The molecular formula is C16H18Cl2N2. The Morgan fingerprint density at radius 1 is 1.20 bits per heavy atom. The van der Waals surface area contributed by atoms with Crippen LogP contribution in [0.4, 0.5) is 0 Å². The maximum Gasteiger partial charge on any atom is 0.0439 e. The lowest BCUT2D eigenvalue weighted by Crippen LogP contribution is -2.20. The fourth-order valence-corrected chi connectivity index (χ4v) is 2.75. The number of pyridine rings is 1. The van der Waals surface area contributed by atoms with Crippen molar-refractivity contribution in [1.29, 1.82) is 0 Å². The Labute approximate surface area is 130 Å². The standard InChI is InChI=1S/C16H18Cl2N2/c1-3-11-10-20-7-6-14(11)16(19-2)9-12-8-13(17)4-5-15(12)18/h4-8,10,16,19H,3,9H2,1-2H3. The number of aryl methyl sites for hydroxylation is 1. The van der Waals surface area contributed by atoms with Crippen LogP contribution < -0.4 is 5.32 Å². The summed E-state index contributed by atoms with van der Waals surface area (Å²) in [5.41, 5.74) is 3.57. The van der Waals surface area contributed by atoms with E-state index in [-0.39, 0.29) is 6.04 Å². The zero-order valence-corrected chi connectivity index (χ0v) is 13.2. The second-order valence-corrected chi connectivity index (χ2v) is 5.55. The Morgan fingerprint density at radius 3 is 2.70 bits per heavy atom. The SMILES string of the molecule is CCc1cnccc1C(Cc1cc(Cl)ccc1Cl)NC. The summed E-state index contributed by atoms with van der Waals surface area (Å²) < 4.78 is 0. The summed E-state index contributed by atoms with van der Waals surface area (Å²) >= 11 is 12.3. The van der Waals surface area contributed by atoms with Crippen LogP contribution in [0.1, 0.15) is 29.7 Å². The number of hydrogen-bond donors (Lipinski definition) is 1. The molecule has 1 aromatic carbocycles. The van der Waals surface area contributed by atoms with Gasteiger partial charge in [-0.25, -0.2) is 0 Å². The van der Waals surface area contributed by atoms with E-state index in [4.69, 9.17) is 23.2 Å². The molecule has 106 valence electrons. The highest BCUT2D eigenvalue weighted by Crippen LogP contribution is 2.27. The smallest absolute Gasteiger partial charge is 0.0439 e. The third kappa shape index (κ3) is 3.51. The van der Waals surface area contributed by atoms with Crippen LogP contribution >= 0.6 is 23.2 Å². The van der Waals surface area contributed by atoms with Gasteiger partial charge in [-0.1, -0.05) is 30.1 Å². The summed E-state index contributed by atoms with van der Waals surface area (Å²) in [5, 5.41) is 4.82. The molecule has 0 bridgehead atoms. The lowest BCUT2D eigenvalue weighted by atomic mass is 9.95. The number of hydrogen-bond acceptors (Lipinski definition) is 2. The zero-order valence-electron chi connectivity index (χ0n) is 11.7. The van der Waals surface area contributed by atoms with Gasteiger partial charge in [0.2, 0.25) is 0 Å². The Morgan fingerprint density at radius 2 is 2.00 bits per heavy atom. The molecular weight excluding hydrogens is 291 g/mol. The zero-order chi connectivity index (χ0) is 14.5. The van der Waals surface area contributed by atoms with E-state index in [1.807, 2.05) is 37.6 Å². The highest BCUT2D eigenvalue weighted by Gasteiger charge is 2.15. The van der Waals surface area contributed by atoms with Gasteiger partial charge in [-0.15, -0.1) is 0 Å². The average molecular weight is 309 g/mol. The van der Waals surface area contributed by atoms with Gasteiger partial charge in [-0.3, -0.25) is 4.98 Å². The lowest BCUT2D eigenvalue weighted by molar-refractivity contribution is 0.586. The average Bonchev–Trinajstić information content (AvgIpc) is 2.48. The molecule has 4 heteroatoms. The number of nitrogens with zero attached hydrogens (tertiary/aromatic N) is 1. The van der Waals surface area contributed by atoms with Crippen LogP contribution in [0.3, 0.4) is 0 Å². The summed E-state index contributed by atoms with van der Waals surface area (Å²) in [7, 11) is 1.96. The van der Waals surface area contributed by atoms with Crippen molar-refractivity contribution in [2.45, 2.75) is 25.8 Å². The topological polar surface area (TPSA) is 24.9 Å². The Hall–Kier alpha value is -1.09. The van der Waals surface area contributed by atoms with E-state index in [9.17, 15) is 0 Å². The molecule has 1 heterocycles. The first-order valence-corrected chi connectivity index (χ1v) is 7.45. The predicted octanol–water partition coefficient (Wildman–Crippen LogP) is 4.45. The molecule has 0 aliphatic rings. The Balaban J connectivity index is 2.31. The van der Waals surface area contributed by atoms with Crippen molar-refractivity contribution >= 4 is 23.2 Å². The van der Waals surface area contributed by atoms with Crippen LogP contribution in [0.15, 0.2) is 36.7 Å². The number of nitrogens with one attached hydrogen (secondary N) is 1. The van der Waals surface area contributed by atoms with Crippen molar-refractivity contribution in [2.24, 2.45) is 0 Å². The molecule has 2 aromatic rings. The number of halogens is 2. The molecule has 0 spiro atoms. The fraction of sp³-hybridized carbons (Fsp3) is 0.312. The van der Waals surface area contributed by atoms with Crippen LogP contribution in [-0.2, 0) is 12.8 Å². The molecule has 1 N–H and O–H groups in total. The monoisotopic (exact) mass is 308 g/mol. The Kier molecular flexibility index (Phi) is 5.41. The second-order valence-electron chi connectivity index (χ2n) is 4.71. The summed E-state index contributed by atoms with van der Waals surface area (Å²) in [5.74, 6) is 0. The summed E-state index contributed by atoms with van der Waals surface area (Å²) in [4.78, 5) is 4.20. The largest absolute Gasteiger partial charge is 0.313 e. The Bertz CT molecular complexity index is 584. The second kappa shape index (κ2) is 7.07. The summed E-state index contributed by atoms with van der Waals surface area (Å²) in [6, 6.07) is 7.86. The number of benzene rings is 1. The normalized spacial score (nSPS) is 12.4. The van der Waals surface area contributed by atoms with Crippen molar-refractivity contribution < 1.29 is 0 Å². The first kappa shape index (κ1) is 15.3. The molecule has 0 fully saturated rings. The first-order chi connectivity index (χ1) is 9.65. The van der Waals surface area contributed by atoms with Crippen molar-refractivity contribution in [2.75, 3.05) is 7.05 Å². The molecule has 2 nitrogen and oxygen atoms in total. The molecule has 0 amide bonds. The molecule has 0 saturated carbocycles. The van der Waals surface area contributed by atoms with Gasteiger partial charge in [0.05, 0.1) is 0 Å². The third-order valence-electron chi connectivity index (χ3n) is 3.48. The molecule has 0 saturated heterocycles. The van der Waals surface area contributed by atoms with E-state index >= 15 is 0 Å². The highest BCUT2D eigenvalue weighted by molar-refractivity contribution is 6.33. The maximum absolute atomic E-state index is 6.26. The minimum atomic E-state index is 0.198. The van der Waals surface area contributed by atoms with Gasteiger partial charge in [0, 0.05) is 28.5 Å². The first-order valence-electron chi connectivity index (χ1n) is 6.69. The maximum atomic E-state index is 6.26. The van der Waals surface area contributed by atoms with E-state index in [1.54, 1.807) is 0 Å². The van der Waals surface area contributed by atoms with E-state index in [2.05, 4.69) is 23.3 Å². The van der Waals surface area contributed by atoms with Gasteiger partial charge in [-0.05, 0) is 60.8 Å². The van der Waals surface area contributed by atoms with Crippen LogP contribution in [-0.4, -0.2) is 12.0 Å². The van der Waals surface area contributed by atoms with Crippen molar-refractivity contribution in [3.05, 3.63) is 63.4 Å². The van der Waals surface area contributed by atoms with Crippen LogP contribution in [0.5, 0.6) is 0 Å². The lowest BCUT2D eigenvalue weighted by Gasteiger charge is -2.20. The molecule has 0 radical (unpaired) electrons. The highest BCUT2D eigenvalue weighted by atomic mass is 35.5. The molecule has 1 atom stereocenters. The summed E-state index contributed by atoms with van der Waals surface area (Å²) in [6.07, 6.45) is 5.52. The van der Waals surface area contributed by atoms with Crippen molar-refractivity contribution in [3.63, 3.8) is 0 Å². The van der Waals surface area contributed by atoms with Gasteiger partial charge in [0.25, 0.3) is 0 Å². The van der Waals surface area contributed by atoms with E-state index in [0.717, 1.165) is 23.4 Å². The third-order valence-corrected chi connectivity index (χ3v) is 4.08. The van der Waals surface area contributed by atoms with Crippen molar-refractivity contribution in [3.8, 4) is 0 Å². The number of likely N-dealkylation sites (N-methyl/N-ethyl adjacent to an activating group) is 1. The van der Waals surface area contributed by atoms with Crippen molar-refractivity contribution in [1.82, 2.24) is 10.3 Å². The van der Waals surface area contributed by atoms with Crippen LogP contribution in [0, 0.1) is 0 Å². The van der Waals surface area contributed by atoms with Crippen LogP contribution in [0.2, 0.25) is 10.0 Å². The van der Waals surface area contributed by atoms with E-state index < -0.39 is 0 Å². The summed E-state index contributed by atoms with van der Waals surface area (Å²) in [6.45, 7) is 2.14. The minimum absolute atomic E-state index is 0.198. The van der Waals surface area contributed by atoms with Crippen LogP contribution in [0.25, 0.3) is 0 Å². The molecule has 20 heavy (non-hydrogen) atoms. The van der Waals surface area contributed by atoms with Gasteiger partial charge in [0.15, 0.2) is 0 Å². The van der Waals surface area contributed by atoms with Gasteiger partial charge in [0.1, 0.15) is 0 Å². The molecule has 1 aromatic heterocycles. The molecule has 0 aliphatic carbocycles. The molecule has 1 unspecified atom stereocenters. The van der Waals surface area contributed by atoms with E-state index in [0.29, 0.717) is 5.02 Å².